The fourth-order valence-corrected chi connectivity index (χ4v) is 7.85. The Morgan fingerprint density at radius 1 is 0.619 bits per heavy atom. The summed E-state index contributed by atoms with van der Waals surface area (Å²) in [5, 5.41) is 29.4. The van der Waals surface area contributed by atoms with E-state index in [9.17, 15) is 53.8 Å². The smallest absolute Gasteiger partial charge is 0.339 e. The number of aliphatic carboxylic acids is 1. The summed E-state index contributed by atoms with van der Waals surface area (Å²) in [5.41, 5.74) is 12.1. The Morgan fingerprint density at radius 3 is 1.46 bits per heavy atom. The first-order valence-corrected chi connectivity index (χ1v) is 30.6. The summed E-state index contributed by atoms with van der Waals surface area (Å²) in [4.78, 5) is 110. The standard InChI is InChI=1S/C15H24N2O5.C11H12O.C8H11NO2.C8H14O3.C8H8O.C7H10N2O2.C6H9NO.C5H7N.C4H6O3/c1-10-6-7-16-11(10)8-13(17(19)20)15(2,3)9-12(18)14(21-4)22-5;1-9-3-6-11(7-4-9)8-5-10(2)12;1-3-11-8(10)7-5-9-4-6(7)2;1-6(2)5-7(9)8(10-3)11-4;1-7-2-4-8(6-9)5-3-7;1-6-2-4-8-7(6)3-5-9(10)11;1-5-3-4-7-6(5)8-2;1-5-2-3-6-4-5;1-3(5)2-4(6)7/h6-7,13-14,16H,8-9H2,1-5H3;3-8H,1-2H3;4-5,9H,3H2,1-2H3;5,8H,1-4H3;2-6H,1H3;2,4,8H,3,5H2,1H3;3-4,7H,1-2H3;2-4,6H,1H3;2H2,1H3,(H,6,7)/b;8-5+;;;;;;;. The van der Waals surface area contributed by atoms with Gasteiger partial charge < -0.3 is 58.4 Å². The number of rotatable bonds is 24. The predicted molar refractivity (Wildman–Crippen MR) is 374 cm³/mol. The third kappa shape index (κ3) is 41.5. The second-order valence-electron chi connectivity index (χ2n) is 22.5. The molecule has 2 aromatic carbocycles. The van der Waals surface area contributed by atoms with E-state index >= 15 is 0 Å². The van der Waals surface area contributed by atoms with Gasteiger partial charge in [-0.2, -0.15) is 0 Å². The highest BCUT2D eigenvalue weighted by Gasteiger charge is 2.42. The quantitative estimate of drug-likeness (QED) is 0.00622. The van der Waals surface area contributed by atoms with Crippen LogP contribution in [-0.2, 0) is 60.5 Å². The highest BCUT2D eigenvalue weighted by molar-refractivity contribution is 5.94. The summed E-state index contributed by atoms with van der Waals surface area (Å²) in [5.74, 6) is -1.16. The Bertz CT molecular complexity index is 3440. The molecule has 0 aliphatic rings. The fourth-order valence-electron chi connectivity index (χ4n) is 7.85. The van der Waals surface area contributed by atoms with E-state index in [4.69, 9.17) is 33.5 Å². The van der Waals surface area contributed by atoms with Crippen LogP contribution in [0.1, 0.15) is 138 Å². The molecular formula is C72H101N7O18. The number of ether oxygens (including phenoxy) is 6. The highest BCUT2D eigenvalue weighted by Crippen LogP contribution is 2.31. The molecular weight excluding hydrogens is 1250 g/mol. The van der Waals surface area contributed by atoms with Crippen LogP contribution >= 0.6 is 0 Å². The van der Waals surface area contributed by atoms with Gasteiger partial charge in [0, 0.05) is 116 Å². The second-order valence-corrected chi connectivity index (χ2v) is 22.5. The number of ketones is 4. The first-order valence-electron chi connectivity index (χ1n) is 30.6. The number of methoxy groups -OCH3 is 5. The summed E-state index contributed by atoms with van der Waals surface area (Å²) in [6.45, 7) is 25.9. The summed E-state index contributed by atoms with van der Waals surface area (Å²) in [6, 6.07) is 22.4. The summed E-state index contributed by atoms with van der Waals surface area (Å²) in [6.07, 6.45) is 17.1. The highest BCUT2D eigenvalue weighted by atomic mass is 16.7. The molecule has 1 atom stereocenters. The molecule has 0 bridgehead atoms. The number of aldehydes is 1. The van der Waals surface area contributed by atoms with Crippen molar-refractivity contribution >= 4 is 47.4 Å². The lowest BCUT2D eigenvalue weighted by Crippen LogP contribution is -2.42. The lowest BCUT2D eigenvalue weighted by Gasteiger charge is -2.28. The van der Waals surface area contributed by atoms with Crippen LogP contribution in [0.15, 0.2) is 134 Å². The van der Waals surface area contributed by atoms with E-state index in [-0.39, 0.29) is 64.8 Å². The first kappa shape index (κ1) is 89.1. The molecule has 5 heterocycles. The molecule has 25 nitrogen and oxygen atoms in total. The molecule has 0 saturated heterocycles. The molecule has 5 aromatic heterocycles. The van der Waals surface area contributed by atoms with E-state index in [0.29, 0.717) is 18.6 Å². The van der Waals surface area contributed by atoms with E-state index in [1.165, 1.54) is 58.1 Å². The maximum absolute atomic E-state index is 12.1. The van der Waals surface area contributed by atoms with E-state index in [1.807, 2.05) is 153 Å². The Morgan fingerprint density at radius 2 is 1.13 bits per heavy atom. The number of aromatic amines is 5. The zero-order chi connectivity index (χ0) is 74.2. The number of carboxylic acids is 1. The van der Waals surface area contributed by atoms with Crippen LogP contribution in [0.5, 0.6) is 5.88 Å². The number of hydrogen-bond acceptors (Lipinski definition) is 17. The number of benzene rings is 2. The Labute approximate surface area is 569 Å². The van der Waals surface area contributed by atoms with Crippen LogP contribution < -0.4 is 4.74 Å². The van der Waals surface area contributed by atoms with Gasteiger partial charge in [0.05, 0.1) is 32.1 Å². The molecule has 7 rings (SSSR count). The van der Waals surface area contributed by atoms with Crippen LogP contribution in [-0.4, -0.2) is 149 Å². The average Bonchev–Trinajstić information content (AvgIpc) is 1.66. The van der Waals surface area contributed by atoms with Crippen LogP contribution in [0.4, 0.5) is 0 Å². The normalized spacial score (nSPS) is 10.4. The van der Waals surface area contributed by atoms with Gasteiger partial charge in [-0.25, -0.2) is 4.79 Å². The monoisotopic (exact) mass is 1350 g/mol. The number of carbonyl (C=O) groups excluding carboxylic acids is 6. The third-order valence-corrected chi connectivity index (χ3v) is 13.2. The molecule has 0 amide bonds. The van der Waals surface area contributed by atoms with Crippen LogP contribution in [0.25, 0.3) is 6.08 Å². The van der Waals surface area contributed by atoms with Gasteiger partial charge in [-0.15, -0.1) is 0 Å². The number of esters is 1. The lowest BCUT2D eigenvalue weighted by atomic mass is 9.77. The van der Waals surface area contributed by atoms with Crippen LogP contribution in [0, 0.1) is 74.1 Å². The number of aryl methyl sites for hydroxylation is 7. The van der Waals surface area contributed by atoms with Crippen molar-refractivity contribution in [2.75, 3.05) is 48.7 Å². The van der Waals surface area contributed by atoms with Gasteiger partial charge >= 0.3 is 11.9 Å². The Hall–Kier alpha value is -9.95. The minimum absolute atomic E-state index is 0.00134. The summed E-state index contributed by atoms with van der Waals surface area (Å²) >= 11 is 0. The lowest BCUT2D eigenvalue weighted by molar-refractivity contribution is -0.540. The van der Waals surface area contributed by atoms with Gasteiger partial charge in [-0.05, 0) is 147 Å². The van der Waals surface area contributed by atoms with Gasteiger partial charge in [-0.1, -0.05) is 85.2 Å². The van der Waals surface area contributed by atoms with Crippen molar-refractivity contribution < 1.29 is 76.9 Å². The number of aromatic nitrogens is 5. The molecule has 0 aliphatic heterocycles. The topological polar surface area (TPSA) is 360 Å². The van der Waals surface area contributed by atoms with Gasteiger partial charge in [0.2, 0.25) is 30.9 Å². The minimum atomic E-state index is -1.06. The van der Waals surface area contributed by atoms with Crippen LogP contribution in [0.3, 0.4) is 0 Å². The van der Waals surface area contributed by atoms with Crippen LogP contribution in [0.2, 0.25) is 0 Å². The molecule has 532 valence electrons. The minimum Gasteiger partial charge on any atom is -0.482 e. The molecule has 0 spiro atoms. The van der Waals surface area contributed by atoms with E-state index in [0.717, 1.165) is 62.5 Å². The summed E-state index contributed by atoms with van der Waals surface area (Å²) < 4.78 is 29.1. The maximum Gasteiger partial charge on any atom is 0.339 e. The van der Waals surface area contributed by atoms with E-state index in [1.54, 1.807) is 65.7 Å². The number of carboxylic acid groups (broad SMARTS) is 1. The van der Waals surface area contributed by atoms with Crippen molar-refractivity contribution in [3.63, 3.8) is 0 Å². The number of carbonyl (C=O) groups is 7. The molecule has 97 heavy (non-hydrogen) atoms. The van der Waals surface area contributed by atoms with E-state index < -0.39 is 30.0 Å². The second kappa shape index (κ2) is 50.5. The maximum atomic E-state index is 12.1. The van der Waals surface area contributed by atoms with E-state index in [2.05, 4.69) is 31.8 Å². The van der Waals surface area contributed by atoms with Crippen molar-refractivity contribution in [2.45, 2.75) is 141 Å². The van der Waals surface area contributed by atoms with Crippen molar-refractivity contribution in [2.24, 2.45) is 5.41 Å². The van der Waals surface area contributed by atoms with Crippen molar-refractivity contribution in [1.82, 2.24) is 24.9 Å². The average molecular weight is 1350 g/mol. The molecule has 7 aromatic rings. The molecule has 0 fully saturated rings. The molecule has 0 saturated carbocycles. The van der Waals surface area contributed by atoms with Crippen molar-refractivity contribution in [3.05, 3.63) is 221 Å². The van der Waals surface area contributed by atoms with Gasteiger partial charge in [-0.3, -0.25) is 49.0 Å². The van der Waals surface area contributed by atoms with Gasteiger partial charge in [0.25, 0.3) is 0 Å². The molecule has 25 heteroatoms. The third-order valence-electron chi connectivity index (χ3n) is 13.2. The number of allylic oxidation sites excluding steroid dienone is 2. The Balaban J connectivity index is 0. The zero-order valence-electron chi connectivity index (χ0n) is 59.5. The van der Waals surface area contributed by atoms with Gasteiger partial charge in [0.1, 0.15) is 18.5 Å². The Kier molecular flexibility index (Phi) is 46.4. The molecule has 0 aliphatic carbocycles. The number of hydrogen-bond donors (Lipinski definition) is 6. The number of Topliss-reactive ketones (excluding diaryl/α,β-unsaturated/α-hetero) is 2. The number of nitro groups is 2. The van der Waals surface area contributed by atoms with Gasteiger partial charge in [0.15, 0.2) is 17.4 Å². The zero-order valence-corrected chi connectivity index (χ0v) is 59.5. The van der Waals surface area contributed by atoms with Crippen molar-refractivity contribution in [3.8, 4) is 5.88 Å². The number of nitrogens with one attached hydrogen (secondary N) is 5. The molecule has 0 radical (unpaired) electrons. The fraction of sp³-hybridized carbons (Fsp3) is 0.403. The SMILES string of the molecule is CC(=O)/C=C/c1ccc(C)cc1.CC(=O)CC(=O)O.CCOC(=O)c1c[nH]cc1C.COC(OC)C(=O)C=C(C)C.COC(OC)C(=O)CC(C)(C)C(Cc1[nH]ccc1C)[N+](=O)[O-].COc1[nH]ccc1C.Cc1cc[nH]c1.Cc1cc[nH]c1CC[N+](=O)[O-].Cc1ccc(C=O)cc1. The summed E-state index contributed by atoms with van der Waals surface area (Å²) in [7, 11) is 7.26. The largest absolute Gasteiger partial charge is 0.482 e. The van der Waals surface area contributed by atoms with Crippen molar-refractivity contribution in [1.29, 1.82) is 0 Å². The predicted octanol–water partition coefficient (Wildman–Crippen LogP) is 13.0. The first-order chi connectivity index (χ1) is 45.7. The number of H-pyrrole nitrogens is 5. The molecule has 6 N–H and O–H groups in total. The number of nitrogens with zero attached hydrogens (tertiary/aromatic N) is 2. The molecule has 1 unspecified atom stereocenters.